The van der Waals surface area contributed by atoms with E-state index in [9.17, 15) is 0 Å². The first-order valence-electron chi connectivity index (χ1n) is 6.70. The van der Waals surface area contributed by atoms with Crippen molar-refractivity contribution < 1.29 is 4.42 Å². The third kappa shape index (κ3) is 1.88. The minimum Gasteiger partial charge on any atom is -0.456 e. The Morgan fingerprint density at radius 3 is 2.48 bits per heavy atom. The monoisotopic (exact) mass is 293 g/mol. The predicted molar refractivity (Wildman–Crippen MR) is 88.6 cm³/mol. The first kappa shape index (κ1) is 12.3. The summed E-state index contributed by atoms with van der Waals surface area (Å²) in [5.41, 5.74) is 10.6. The van der Waals surface area contributed by atoms with Gasteiger partial charge in [-0.25, -0.2) is 0 Å². The van der Waals surface area contributed by atoms with E-state index in [-0.39, 0.29) is 0 Å². The van der Waals surface area contributed by atoms with E-state index in [0.717, 1.165) is 38.8 Å². The Labute approximate surface area is 126 Å². The molecule has 3 heteroatoms. The SMILES string of the molecule is Nc1ccccc1-c1cccc2oc3ccc(Cl)cc3c12. The van der Waals surface area contributed by atoms with Crippen LogP contribution in [0.3, 0.4) is 0 Å². The molecule has 2 nitrogen and oxygen atoms in total. The number of rotatable bonds is 1. The van der Waals surface area contributed by atoms with Crippen LogP contribution < -0.4 is 5.73 Å². The molecule has 2 N–H and O–H groups in total. The van der Waals surface area contributed by atoms with E-state index in [1.165, 1.54) is 0 Å². The maximum absolute atomic E-state index is 6.14. The van der Waals surface area contributed by atoms with E-state index in [1.54, 1.807) is 0 Å². The lowest BCUT2D eigenvalue weighted by Crippen LogP contribution is -1.89. The molecule has 3 aromatic carbocycles. The van der Waals surface area contributed by atoms with Gasteiger partial charge in [-0.05, 0) is 35.9 Å². The number of para-hydroxylation sites is 1. The molecule has 4 rings (SSSR count). The molecule has 0 aliphatic carbocycles. The van der Waals surface area contributed by atoms with E-state index < -0.39 is 0 Å². The molecule has 0 aliphatic heterocycles. The summed E-state index contributed by atoms with van der Waals surface area (Å²) in [7, 11) is 0. The Hall–Kier alpha value is -2.45. The van der Waals surface area contributed by atoms with E-state index in [2.05, 4.69) is 6.07 Å². The van der Waals surface area contributed by atoms with Gasteiger partial charge in [-0.3, -0.25) is 0 Å². The number of hydrogen-bond donors (Lipinski definition) is 1. The van der Waals surface area contributed by atoms with Crippen LogP contribution in [0.2, 0.25) is 5.02 Å². The molecule has 0 amide bonds. The summed E-state index contributed by atoms with van der Waals surface area (Å²) < 4.78 is 5.91. The summed E-state index contributed by atoms with van der Waals surface area (Å²) in [6, 6.07) is 19.5. The van der Waals surface area contributed by atoms with Crippen LogP contribution in [0.15, 0.2) is 65.1 Å². The number of halogens is 1. The maximum atomic E-state index is 6.14. The second-order valence-corrected chi connectivity index (χ2v) is 5.44. The van der Waals surface area contributed by atoms with Gasteiger partial charge < -0.3 is 10.2 Å². The number of nitrogen functional groups attached to an aromatic ring is 1. The molecule has 0 radical (unpaired) electrons. The van der Waals surface area contributed by atoms with E-state index in [0.29, 0.717) is 5.02 Å². The molecular formula is C18H12ClNO. The molecule has 0 spiro atoms. The number of hydrogen-bond acceptors (Lipinski definition) is 2. The Morgan fingerprint density at radius 2 is 1.62 bits per heavy atom. The molecule has 0 atom stereocenters. The highest BCUT2D eigenvalue weighted by molar-refractivity contribution is 6.32. The fourth-order valence-corrected chi connectivity index (χ4v) is 2.94. The van der Waals surface area contributed by atoms with Crippen molar-refractivity contribution in [3.63, 3.8) is 0 Å². The lowest BCUT2D eigenvalue weighted by atomic mass is 9.98. The molecular weight excluding hydrogens is 282 g/mol. The molecule has 0 fully saturated rings. The summed E-state index contributed by atoms with van der Waals surface area (Å²) in [5.74, 6) is 0. The fourth-order valence-electron chi connectivity index (χ4n) is 2.77. The van der Waals surface area contributed by atoms with E-state index >= 15 is 0 Å². The molecule has 0 bridgehead atoms. The second kappa shape index (κ2) is 4.54. The van der Waals surface area contributed by atoms with Crippen LogP contribution in [0.5, 0.6) is 0 Å². The average molecular weight is 294 g/mol. The smallest absolute Gasteiger partial charge is 0.136 e. The molecule has 0 unspecified atom stereocenters. The first-order valence-corrected chi connectivity index (χ1v) is 7.07. The minimum atomic E-state index is 0.695. The zero-order chi connectivity index (χ0) is 14.4. The number of anilines is 1. The highest BCUT2D eigenvalue weighted by atomic mass is 35.5. The predicted octanol–water partition coefficient (Wildman–Crippen LogP) is 5.49. The third-order valence-corrected chi connectivity index (χ3v) is 3.94. The van der Waals surface area contributed by atoms with Crippen LogP contribution >= 0.6 is 11.6 Å². The number of furan rings is 1. The molecule has 21 heavy (non-hydrogen) atoms. The number of benzene rings is 3. The van der Waals surface area contributed by atoms with Gasteiger partial charge in [-0.15, -0.1) is 0 Å². The van der Waals surface area contributed by atoms with Gasteiger partial charge >= 0.3 is 0 Å². The highest BCUT2D eigenvalue weighted by Crippen LogP contribution is 2.39. The summed E-state index contributed by atoms with van der Waals surface area (Å²) in [4.78, 5) is 0. The summed E-state index contributed by atoms with van der Waals surface area (Å²) in [6.45, 7) is 0. The van der Waals surface area contributed by atoms with E-state index in [4.69, 9.17) is 21.8 Å². The zero-order valence-electron chi connectivity index (χ0n) is 11.1. The van der Waals surface area contributed by atoms with Gasteiger partial charge in [-0.2, -0.15) is 0 Å². The van der Waals surface area contributed by atoms with Crippen molar-refractivity contribution in [3.8, 4) is 11.1 Å². The van der Waals surface area contributed by atoms with Crippen LogP contribution in [0.1, 0.15) is 0 Å². The second-order valence-electron chi connectivity index (χ2n) is 5.01. The summed E-state index contributed by atoms with van der Waals surface area (Å²) >= 11 is 6.14. The Bertz CT molecular complexity index is 971. The van der Waals surface area contributed by atoms with Crippen LogP contribution in [0.25, 0.3) is 33.1 Å². The van der Waals surface area contributed by atoms with Gasteiger partial charge in [-0.1, -0.05) is 41.9 Å². The quantitative estimate of drug-likeness (QED) is 0.471. The van der Waals surface area contributed by atoms with Crippen LogP contribution in [0.4, 0.5) is 5.69 Å². The Morgan fingerprint density at radius 1 is 0.810 bits per heavy atom. The molecule has 1 aromatic heterocycles. The van der Waals surface area contributed by atoms with Crippen molar-refractivity contribution in [2.24, 2.45) is 0 Å². The van der Waals surface area contributed by atoms with Gasteiger partial charge in [0.25, 0.3) is 0 Å². The zero-order valence-corrected chi connectivity index (χ0v) is 11.9. The molecule has 4 aromatic rings. The molecule has 102 valence electrons. The van der Waals surface area contributed by atoms with Gasteiger partial charge in [0, 0.05) is 27.0 Å². The van der Waals surface area contributed by atoms with Gasteiger partial charge in [0.1, 0.15) is 11.2 Å². The van der Waals surface area contributed by atoms with Gasteiger partial charge in [0.2, 0.25) is 0 Å². The van der Waals surface area contributed by atoms with Crippen molar-refractivity contribution in [2.75, 3.05) is 5.73 Å². The topological polar surface area (TPSA) is 39.2 Å². The largest absolute Gasteiger partial charge is 0.456 e. The summed E-state index contributed by atoms with van der Waals surface area (Å²) in [5, 5.41) is 2.75. The van der Waals surface area contributed by atoms with Crippen molar-refractivity contribution in [3.05, 3.63) is 65.7 Å². The van der Waals surface area contributed by atoms with E-state index in [1.807, 2.05) is 54.6 Å². The Kier molecular flexibility index (Phi) is 2.66. The van der Waals surface area contributed by atoms with Gasteiger partial charge in [0.15, 0.2) is 0 Å². The molecule has 0 saturated heterocycles. The highest BCUT2D eigenvalue weighted by Gasteiger charge is 2.13. The molecule has 0 aliphatic rings. The first-order chi connectivity index (χ1) is 10.2. The number of nitrogens with two attached hydrogens (primary N) is 1. The average Bonchev–Trinajstić information content (AvgIpc) is 2.86. The lowest BCUT2D eigenvalue weighted by Gasteiger charge is -2.07. The summed E-state index contributed by atoms with van der Waals surface area (Å²) in [6.07, 6.45) is 0. The van der Waals surface area contributed by atoms with Crippen molar-refractivity contribution in [1.82, 2.24) is 0 Å². The minimum absolute atomic E-state index is 0.695. The maximum Gasteiger partial charge on any atom is 0.136 e. The molecule has 0 saturated carbocycles. The van der Waals surface area contributed by atoms with Crippen LogP contribution in [-0.4, -0.2) is 0 Å². The normalized spacial score (nSPS) is 11.3. The third-order valence-electron chi connectivity index (χ3n) is 3.71. The number of fused-ring (bicyclic) bond motifs is 3. The standard InChI is InChI=1S/C18H12ClNO/c19-11-8-9-16-14(10-11)18-13(5-3-7-17(18)21-16)12-4-1-2-6-15(12)20/h1-10H,20H2. The molecule has 1 heterocycles. The van der Waals surface area contributed by atoms with Crippen molar-refractivity contribution >= 4 is 39.2 Å². The lowest BCUT2D eigenvalue weighted by molar-refractivity contribution is 0.669. The van der Waals surface area contributed by atoms with Crippen LogP contribution in [-0.2, 0) is 0 Å². The Balaban J connectivity index is 2.17. The fraction of sp³-hybridized carbons (Fsp3) is 0. The van der Waals surface area contributed by atoms with Crippen LogP contribution in [0, 0.1) is 0 Å². The van der Waals surface area contributed by atoms with Gasteiger partial charge in [0.05, 0.1) is 0 Å². The van der Waals surface area contributed by atoms with Crippen molar-refractivity contribution in [1.29, 1.82) is 0 Å². The van der Waals surface area contributed by atoms with Crippen molar-refractivity contribution in [2.45, 2.75) is 0 Å².